The molecule has 0 atom stereocenters. The highest BCUT2D eigenvalue weighted by Crippen LogP contribution is 2.28. The van der Waals surface area contributed by atoms with Gasteiger partial charge in [0.1, 0.15) is 11.2 Å². The molecule has 0 aromatic carbocycles. The number of hydrogen-bond donors (Lipinski definition) is 3. The molecule has 4 heterocycles. The van der Waals surface area contributed by atoms with Crippen molar-refractivity contribution in [1.82, 2.24) is 30.5 Å². The summed E-state index contributed by atoms with van der Waals surface area (Å²) in [6, 6.07) is 2.09. The number of allylic oxidation sites excluding steroid dienone is 5. The molecule has 7 nitrogen and oxygen atoms in total. The molecule has 0 amide bonds. The molecule has 1 aliphatic carbocycles. The van der Waals surface area contributed by atoms with Gasteiger partial charge in [-0.15, -0.1) is 0 Å². The molecule has 0 bridgehead atoms. The maximum Gasteiger partial charge on any atom is 0.180 e. The highest BCUT2D eigenvalue weighted by atomic mass is 15.2. The second-order valence-corrected chi connectivity index (χ2v) is 11.3. The molecule has 7 heteroatoms. The fraction of sp³-hybridized carbons (Fsp3) is 0.441. The molecule has 0 unspecified atom stereocenters. The molecule has 2 aliphatic rings. The van der Waals surface area contributed by atoms with Crippen molar-refractivity contribution in [3.63, 3.8) is 0 Å². The van der Waals surface area contributed by atoms with Crippen LogP contribution in [0.15, 0.2) is 59.9 Å². The van der Waals surface area contributed by atoms with Gasteiger partial charge in [-0.25, -0.2) is 9.97 Å². The number of pyridine rings is 1. The Kier molecular flexibility index (Phi) is 9.67. The van der Waals surface area contributed by atoms with Gasteiger partial charge in [0.15, 0.2) is 11.5 Å². The Balaban J connectivity index is 1.36. The topological polar surface area (TPSA) is 85.5 Å². The summed E-state index contributed by atoms with van der Waals surface area (Å²) in [5.41, 5.74) is 7.27. The van der Waals surface area contributed by atoms with Crippen LogP contribution < -0.4 is 20.8 Å². The number of fused-ring (bicyclic) bond motifs is 1. The molecule has 3 aromatic heterocycles. The van der Waals surface area contributed by atoms with E-state index >= 15 is 0 Å². The van der Waals surface area contributed by atoms with Gasteiger partial charge >= 0.3 is 0 Å². The lowest BCUT2D eigenvalue weighted by Gasteiger charge is -2.28. The Hall–Kier alpha value is -3.71. The summed E-state index contributed by atoms with van der Waals surface area (Å²) in [5.74, 6) is 1.56. The molecule has 41 heavy (non-hydrogen) atoms. The van der Waals surface area contributed by atoms with Crippen LogP contribution in [-0.2, 0) is 0 Å². The van der Waals surface area contributed by atoms with Crippen molar-refractivity contribution in [2.24, 2.45) is 5.92 Å². The van der Waals surface area contributed by atoms with E-state index in [1.807, 2.05) is 19.2 Å². The summed E-state index contributed by atoms with van der Waals surface area (Å²) in [6.45, 7) is 14.4. The summed E-state index contributed by atoms with van der Waals surface area (Å²) in [4.78, 5) is 15.4. The molecule has 1 saturated carbocycles. The fourth-order valence-electron chi connectivity index (χ4n) is 6.12. The molecule has 216 valence electrons. The number of nitrogens with zero attached hydrogens (tertiary/aromatic N) is 4. The van der Waals surface area contributed by atoms with Gasteiger partial charge in [-0.1, -0.05) is 49.8 Å². The zero-order chi connectivity index (χ0) is 28.6. The maximum absolute atomic E-state index is 4.83. The van der Waals surface area contributed by atoms with Crippen LogP contribution in [0, 0.1) is 5.92 Å². The molecule has 0 spiro atoms. The predicted molar refractivity (Wildman–Crippen MR) is 172 cm³/mol. The minimum atomic E-state index is 0.731. The van der Waals surface area contributed by atoms with Gasteiger partial charge in [0.05, 0.1) is 11.0 Å². The first kappa shape index (κ1) is 28.8. The Morgan fingerprint density at radius 2 is 1.95 bits per heavy atom. The lowest BCUT2D eigenvalue weighted by atomic mass is 10.0. The van der Waals surface area contributed by atoms with Gasteiger partial charge in [-0.3, -0.25) is 5.10 Å². The third-order valence-corrected chi connectivity index (χ3v) is 8.52. The highest BCUT2D eigenvalue weighted by molar-refractivity contribution is 5.88. The number of imidazole rings is 1. The summed E-state index contributed by atoms with van der Waals surface area (Å²) in [6.07, 6.45) is 23.8. The smallest absolute Gasteiger partial charge is 0.180 e. The average molecular weight is 552 g/mol. The van der Waals surface area contributed by atoms with Crippen molar-refractivity contribution in [2.75, 3.05) is 31.1 Å². The maximum atomic E-state index is 4.83. The Labute approximate surface area is 243 Å². The summed E-state index contributed by atoms with van der Waals surface area (Å²) < 4.78 is 0. The van der Waals surface area contributed by atoms with Gasteiger partial charge in [0, 0.05) is 31.0 Å². The minimum Gasteiger partial charge on any atom is -0.370 e. The normalized spacial score (nSPS) is 18.7. The Morgan fingerprint density at radius 3 is 2.68 bits per heavy atom. The van der Waals surface area contributed by atoms with Gasteiger partial charge in [0.2, 0.25) is 0 Å². The number of anilines is 1. The summed E-state index contributed by atoms with van der Waals surface area (Å²) in [5, 5.41) is 13.5. The van der Waals surface area contributed by atoms with Crippen LogP contribution in [0.2, 0.25) is 0 Å². The third-order valence-electron chi connectivity index (χ3n) is 8.52. The zero-order valence-electron chi connectivity index (χ0n) is 25.0. The van der Waals surface area contributed by atoms with E-state index in [-0.39, 0.29) is 0 Å². The number of aromatic amines is 2. The quantitative estimate of drug-likeness (QED) is 0.281. The van der Waals surface area contributed by atoms with E-state index in [0.717, 1.165) is 65.3 Å². The van der Waals surface area contributed by atoms with E-state index < -0.39 is 0 Å². The van der Waals surface area contributed by atoms with Crippen LogP contribution in [0.1, 0.15) is 65.7 Å². The van der Waals surface area contributed by atoms with Crippen LogP contribution >= 0.6 is 0 Å². The van der Waals surface area contributed by atoms with E-state index in [9.17, 15) is 0 Å². The van der Waals surface area contributed by atoms with Gasteiger partial charge < -0.3 is 15.2 Å². The number of nitrogens with one attached hydrogen (secondary N) is 3. The van der Waals surface area contributed by atoms with Gasteiger partial charge in [-0.2, -0.15) is 5.10 Å². The van der Waals surface area contributed by atoms with Crippen LogP contribution in [0.4, 0.5) is 5.69 Å². The van der Waals surface area contributed by atoms with Crippen molar-refractivity contribution in [3.05, 3.63) is 70.4 Å². The largest absolute Gasteiger partial charge is 0.370 e. The van der Waals surface area contributed by atoms with Crippen LogP contribution in [0.5, 0.6) is 0 Å². The van der Waals surface area contributed by atoms with Crippen molar-refractivity contribution in [1.29, 1.82) is 0 Å². The van der Waals surface area contributed by atoms with Crippen LogP contribution in [-0.4, -0.2) is 51.3 Å². The monoisotopic (exact) mass is 551 g/mol. The molecule has 0 radical (unpaired) electrons. The van der Waals surface area contributed by atoms with E-state index in [1.54, 1.807) is 0 Å². The molecular weight excluding hydrogens is 506 g/mol. The standard InChI is InChI=1S/C34H45N7/c1-5-25(22-35-23-26-13-9-10-14-26)21-27(6-2)24(4)15-16-29-28(7-3)31(40-39-29)34-37-32-30(17-18-36-33(32)38-34)41-19-11-8-12-20-41/h5-7,15-18,21,26,35,39H,1,8-14,19-20,22-23H2,2-4H3,(H,36,37,38)/b24-15+,25-21+,27-6+,28-7-,29-16+. The molecule has 1 saturated heterocycles. The van der Waals surface area contributed by atoms with E-state index in [1.165, 1.54) is 67.4 Å². The SMILES string of the molecule is C=C\C(=C/C(=C\C)C(/C)=C/C=c1/[nH]nc(-c2nc3nccc(N4CCCCC4)c3[nH]2)/c1=C\C)CNCC1CCCC1. The first-order valence-electron chi connectivity index (χ1n) is 15.3. The van der Waals surface area contributed by atoms with E-state index in [4.69, 9.17) is 4.98 Å². The highest BCUT2D eigenvalue weighted by Gasteiger charge is 2.18. The lowest BCUT2D eigenvalue weighted by Crippen LogP contribution is -2.29. The summed E-state index contributed by atoms with van der Waals surface area (Å²) in [7, 11) is 0. The summed E-state index contributed by atoms with van der Waals surface area (Å²) >= 11 is 0. The first-order valence-corrected chi connectivity index (χ1v) is 15.3. The second-order valence-electron chi connectivity index (χ2n) is 11.3. The molecule has 3 N–H and O–H groups in total. The van der Waals surface area contributed by atoms with Crippen LogP contribution in [0.3, 0.4) is 0 Å². The molecule has 2 fully saturated rings. The van der Waals surface area contributed by atoms with Crippen molar-refractivity contribution in [3.8, 4) is 11.5 Å². The van der Waals surface area contributed by atoms with Gasteiger partial charge in [0.25, 0.3) is 0 Å². The van der Waals surface area contributed by atoms with Crippen LogP contribution in [0.25, 0.3) is 34.8 Å². The molecule has 3 aromatic rings. The number of aromatic nitrogens is 5. The van der Waals surface area contributed by atoms with E-state index in [2.05, 4.69) is 87.3 Å². The minimum absolute atomic E-state index is 0.731. The molecule has 1 aliphatic heterocycles. The zero-order valence-corrected chi connectivity index (χ0v) is 25.0. The third kappa shape index (κ3) is 6.79. The molecular formula is C34H45N7. The number of H-pyrrole nitrogens is 2. The van der Waals surface area contributed by atoms with E-state index in [0.29, 0.717) is 0 Å². The lowest BCUT2D eigenvalue weighted by molar-refractivity contribution is 0.503. The average Bonchev–Trinajstić information content (AvgIpc) is 3.77. The van der Waals surface area contributed by atoms with Crippen molar-refractivity contribution >= 4 is 29.0 Å². The predicted octanol–water partition coefficient (Wildman–Crippen LogP) is 5.70. The number of hydrogen-bond acceptors (Lipinski definition) is 5. The fourth-order valence-corrected chi connectivity index (χ4v) is 6.12. The second kappa shape index (κ2) is 13.8. The number of rotatable bonds is 10. The van der Waals surface area contributed by atoms with Crippen molar-refractivity contribution in [2.45, 2.75) is 65.7 Å². The Bertz CT molecular complexity index is 1550. The Morgan fingerprint density at radius 1 is 1.15 bits per heavy atom. The number of piperidine rings is 1. The first-order chi connectivity index (χ1) is 20.1. The van der Waals surface area contributed by atoms with Crippen molar-refractivity contribution < 1.29 is 0 Å². The molecule has 5 rings (SSSR count). The van der Waals surface area contributed by atoms with Gasteiger partial charge in [-0.05, 0) is 94.2 Å².